The van der Waals surface area contributed by atoms with Crippen LogP contribution in [0, 0.1) is 6.92 Å². The molecule has 130 valence electrons. The number of likely N-dealkylation sites (tertiary alicyclic amines) is 1. The summed E-state index contributed by atoms with van der Waals surface area (Å²) in [7, 11) is 3.45. The molecule has 0 aromatic carbocycles. The van der Waals surface area contributed by atoms with Crippen LogP contribution in [0.1, 0.15) is 44.3 Å². The quantitative estimate of drug-likeness (QED) is 0.838. The van der Waals surface area contributed by atoms with Gasteiger partial charge in [0.2, 0.25) is 5.91 Å². The lowest BCUT2D eigenvalue weighted by molar-refractivity contribution is -0.136. The van der Waals surface area contributed by atoms with Crippen molar-refractivity contribution in [2.45, 2.75) is 58.2 Å². The molecule has 2 heterocycles. The SMILES string of the molecule is CCCn1c(C)nnc1CN1CCCC(O)(CC(=O)N(C)C)C1. The minimum atomic E-state index is -0.940. The van der Waals surface area contributed by atoms with Crippen molar-refractivity contribution in [2.75, 3.05) is 27.2 Å². The Morgan fingerprint density at radius 2 is 2.13 bits per heavy atom. The minimum Gasteiger partial charge on any atom is -0.388 e. The number of carbonyl (C=O) groups is 1. The molecule has 23 heavy (non-hydrogen) atoms. The monoisotopic (exact) mass is 323 g/mol. The zero-order valence-electron chi connectivity index (χ0n) is 14.7. The summed E-state index contributed by atoms with van der Waals surface area (Å²) in [5, 5.41) is 19.2. The molecule has 0 spiro atoms. The summed E-state index contributed by atoms with van der Waals surface area (Å²) in [6.07, 6.45) is 2.77. The van der Waals surface area contributed by atoms with Crippen LogP contribution in [0.3, 0.4) is 0 Å². The van der Waals surface area contributed by atoms with Crippen LogP contribution < -0.4 is 0 Å². The van der Waals surface area contributed by atoms with Gasteiger partial charge in [-0.2, -0.15) is 0 Å². The lowest BCUT2D eigenvalue weighted by atomic mass is 9.89. The Balaban J connectivity index is 2.03. The van der Waals surface area contributed by atoms with E-state index in [0.717, 1.165) is 37.6 Å². The first-order valence-corrected chi connectivity index (χ1v) is 8.38. The van der Waals surface area contributed by atoms with Crippen LogP contribution in [0.25, 0.3) is 0 Å². The molecule has 0 saturated carbocycles. The molecule has 1 aromatic rings. The van der Waals surface area contributed by atoms with E-state index in [1.165, 1.54) is 4.90 Å². The highest BCUT2D eigenvalue weighted by Gasteiger charge is 2.36. The summed E-state index contributed by atoms with van der Waals surface area (Å²) in [5.74, 6) is 1.84. The van der Waals surface area contributed by atoms with Gasteiger partial charge in [-0.3, -0.25) is 9.69 Å². The van der Waals surface area contributed by atoms with E-state index in [1.807, 2.05) is 6.92 Å². The lowest BCUT2D eigenvalue weighted by Crippen LogP contribution is -2.50. The predicted octanol–water partition coefficient (Wildman–Crippen LogP) is 0.802. The van der Waals surface area contributed by atoms with Gasteiger partial charge in [0.05, 0.1) is 18.6 Å². The maximum absolute atomic E-state index is 11.9. The van der Waals surface area contributed by atoms with E-state index in [9.17, 15) is 9.90 Å². The van der Waals surface area contributed by atoms with Crippen LogP contribution in [-0.4, -0.2) is 68.4 Å². The number of hydrogen-bond donors (Lipinski definition) is 1. The molecule has 2 rings (SSSR count). The predicted molar refractivity (Wildman–Crippen MR) is 87.8 cm³/mol. The van der Waals surface area contributed by atoms with E-state index in [4.69, 9.17) is 0 Å². The number of β-amino-alcohol motifs (C(OH)–C–C–N with tert-alkyl or cyclic N) is 1. The largest absolute Gasteiger partial charge is 0.388 e. The summed E-state index contributed by atoms with van der Waals surface area (Å²) in [5.41, 5.74) is -0.940. The molecule has 1 N–H and O–H groups in total. The molecular formula is C16H29N5O2. The molecule has 1 fully saturated rings. The van der Waals surface area contributed by atoms with Gasteiger partial charge < -0.3 is 14.6 Å². The molecule has 1 aromatic heterocycles. The molecule has 7 nitrogen and oxygen atoms in total. The van der Waals surface area contributed by atoms with Gasteiger partial charge in [0.25, 0.3) is 0 Å². The molecule has 7 heteroatoms. The topological polar surface area (TPSA) is 74.5 Å². The third-order valence-corrected chi connectivity index (χ3v) is 4.44. The number of rotatable bonds is 6. The Morgan fingerprint density at radius 3 is 2.78 bits per heavy atom. The zero-order valence-corrected chi connectivity index (χ0v) is 14.7. The summed E-state index contributed by atoms with van der Waals surface area (Å²) >= 11 is 0. The summed E-state index contributed by atoms with van der Waals surface area (Å²) < 4.78 is 2.14. The zero-order chi connectivity index (χ0) is 17.0. The van der Waals surface area contributed by atoms with Crippen LogP contribution in [0.4, 0.5) is 0 Å². The maximum Gasteiger partial charge on any atom is 0.224 e. The van der Waals surface area contributed by atoms with Gasteiger partial charge in [0.15, 0.2) is 0 Å². The van der Waals surface area contributed by atoms with E-state index < -0.39 is 5.60 Å². The Kier molecular flexibility index (Phi) is 5.75. The second-order valence-corrected chi connectivity index (χ2v) is 6.82. The van der Waals surface area contributed by atoms with Crippen LogP contribution in [0.2, 0.25) is 0 Å². The number of aryl methyl sites for hydroxylation is 1. The number of piperidine rings is 1. The standard InChI is InChI=1S/C16H29N5O2/c1-5-8-21-13(2)17-18-14(21)11-20-9-6-7-16(23,12-20)10-15(22)19(3)4/h23H,5-12H2,1-4H3. The molecule has 1 amide bonds. The van der Waals surface area contributed by atoms with E-state index in [2.05, 4.69) is 26.6 Å². The fourth-order valence-electron chi connectivity index (χ4n) is 3.18. The van der Waals surface area contributed by atoms with Gasteiger partial charge in [0.1, 0.15) is 11.6 Å². The summed E-state index contributed by atoms with van der Waals surface area (Å²) in [4.78, 5) is 15.7. The first-order chi connectivity index (χ1) is 10.8. The molecule has 0 radical (unpaired) electrons. The number of aromatic nitrogens is 3. The van der Waals surface area contributed by atoms with E-state index in [1.54, 1.807) is 14.1 Å². The minimum absolute atomic E-state index is 0.0284. The van der Waals surface area contributed by atoms with Crippen LogP contribution in [0.15, 0.2) is 0 Å². The second-order valence-electron chi connectivity index (χ2n) is 6.82. The Labute approximate surface area is 138 Å². The number of carbonyl (C=O) groups excluding carboxylic acids is 1. The van der Waals surface area contributed by atoms with Gasteiger partial charge in [0, 0.05) is 27.2 Å². The molecule has 1 aliphatic heterocycles. The highest BCUT2D eigenvalue weighted by Crippen LogP contribution is 2.26. The molecule has 0 bridgehead atoms. The van der Waals surface area contributed by atoms with Crippen molar-refractivity contribution in [1.82, 2.24) is 24.6 Å². The van der Waals surface area contributed by atoms with Crippen molar-refractivity contribution >= 4 is 5.91 Å². The number of hydrogen-bond acceptors (Lipinski definition) is 5. The molecule has 1 atom stereocenters. The van der Waals surface area contributed by atoms with Crippen molar-refractivity contribution in [3.63, 3.8) is 0 Å². The molecular weight excluding hydrogens is 294 g/mol. The summed E-state index contributed by atoms with van der Waals surface area (Å²) in [6.45, 7) is 7.09. The summed E-state index contributed by atoms with van der Waals surface area (Å²) in [6, 6.07) is 0. The van der Waals surface area contributed by atoms with Crippen molar-refractivity contribution < 1.29 is 9.90 Å². The van der Waals surface area contributed by atoms with E-state index in [-0.39, 0.29) is 12.3 Å². The van der Waals surface area contributed by atoms with Gasteiger partial charge in [-0.25, -0.2) is 0 Å². The second kappa shape index (κ2) is 7.40. The van der Waals surface area contributed by atoms with Crippen molar-refractivity contribution in [2.24, 2.45) is 0 Å². The first-order valence-electron chi connectivity index (χ1n) is 8.38. The highest BCUT2D eigenvalue weighted by atomic mass is 16.3. The molecule has 0 aliphatic carbocycles. The normalized spacial score (nSPS) is 22.3. The van der Waals surface area contributed by atoms with Crippen molar-refractivity contribution in [3.05, 3.63) is 11.6 Å². The van der Waals surface area contributed by atoms with Crippen molar-refractivity contribution in [1.29, 1.82) is 0 Å². The average molecular weight is 323 g/mol. The van der Waals surface area contributed by atoms with E-state index >= 15 is 0 Å². The van der Waals surface area contributed by atoms with E-state index in [0.29, 0.717) is 19.5 Å². The Bertz CT molecular complexity index is 543. The molecule has 1 saturated heterocycles. The van der Waals surface area contributed by atoms with Gasteiger partial charge in [-0.05, 0) is 32.7 Å². The number of nitrogens with zero attached hydrogens (tertiary/aromatic N) is 5. The third-order valence-electron chi connectivity index (χ3n) is 4.44. The van der Waals surface area contributed by atoms with Gasteiger partial charge >= 0.3 is 0 Å². The smallest absolute Gasteiger partial charge is 0.224 e. The van der Waals surface area contributed by atoms with Crippen LogP contribution in [-0.2, 0) is 17.9 Å². The average Bonchev–Trinajstić information content (AvgIpc) is 2.80. The number of aliphatic hydroxyl groups is 1. The molecule has 1 aliphatic rings. The first kappa shape index (κ1) is 17.9. The maximum atomic E-state index is 11.9. The van der Waals surface area contributed by atoms with Crippen LogP contribution in [0.5, 0.6) is 0 Å². The number of amides is 1. The fraction of sp³-hybridized carbons (Fsp3) is 0.812. The van der Waals surface area contributed by atoms with Crippen molar-refractivity contribution in [3.8, 4) is 0 Å². The highest BCUT2D eigenvalue weighted by molar-refractivity contribution is 5.76. The van der Waals surface area contributed by atoms with Crippen LogP contribution >= 0.6 is 0 Å². The lowest BCUT2D eigenvalue weighted by Gasteiger charge is -2.39. The third kappa shape index (κ3) is 4.51. The fourth-order valence-corrected chi connectivity index (χ4v) is 3.18. The molecule has 1 unspecified atom stereocenters. The van der Waals surface area contributed by atoms with Gasteiger partial charge in [-0.15, -0.1) is 10.2 Å². The Morgan fingerprint density at radius 1 is 1.39 bits per heavy atom. The van der Waals surface area contributed by atoms with Gasteiger partial charge in [-0.1, -0.05) is 6.92 Å². The Hall–Kier alpha value is -1.47.